The second-order valence-electron chi connectivity index (χ2n) is 4.61. The van der Waals surface area contributed by atoms with E-state index in [1.807, 2.05) is 0 Å². The van der Waals surface area contributed by atoms with Crippen molar-refractivity contribution in [2.75, 3.05) is 0 Å². The first-order valence-electron chi connectivity index (χ1n) is 6.26. The van der Waals surface area contributed by atoms with E-state index in [4.69, 9.17) is 0 Å². The third-order valence-corrected chi connectivity index (χ3v) is 3.39. The van der Waals surface area contributed by atoms with Crippen LogP contribution in [0.2, 0.25) is 0 Å². The van der Waals surface area contributed by atoms with E-state index in [0.29, 0.717) is 0 Å². The van der Waals surface area contributed by atoms with Gasteiger partial charge in [0.25, 0.3) is 0 Å². The summed E-state index contributed by atoms with van der Waals surface area (Å²) >= 11 is 0. The van der Waals surface area contributed by atoms with Gasteiger partial charge in [-0.15, -0.1) is 0 Å². The van der Waals surface area contributed by atoms with Gasteiger partial charge in [0, 0.05) is 24.6 Å². The Kier molecular flexibility index (Phi) is 2.81. The summed E-state index contributed by atoms with van der Waals surface area (Å²) in [6, 6.07) is 21.4. The fourth-order valence-electron chi connectivity index (χ4n) is 2.35. The van der Waals surface area contributed by atoms with Crippen LogP contribution in [0.5, 0.6) is 0 Å². The lowest BCUT2D eigenvalue weighted by molar-refractivity contribution is -0.694. The zero-order chi connectivity index (χ0) is 12.4. The lowest BCUT2D eigenvalue weighted by atomic mass is 10.0. The molecule has 0 atom stereocenters. The van der Waals surface area contributed by atoms with Gasteiger partial charge in [-0.2, -0.15) is 4.57 Å². The first-order valence-corrected chi connectivity index (χ1v) is 6.26. The van der Waals surface area contributed by atoms with Crippen LogP contribution in [0.1, 0.15) is 11.3 Å². The lowest BCUT2D eigenvalue weighted by Crippen LogP contribution is -2.36. The maximum absolute atomic E-state index is 2.28. The third-order valence-electron chi connectivity index (χ3n) is 3.39. The number of rotatable bonds is 2. The molecule has 1 aromatic heterocycles. The molecule has 0 radical (unpaired) electrons. The summed E-state index contributed by atoms with van der Waals surface area (Å²) in [5, 5.41) is 2.65. The minimum absolute atomic E-state index is 0.925. The molecule has 0 aliphatic carbocycles. The van der Waals surface area contributed by atoms with Crippen LogP contribution < -0.4 is 4.57 Å². The molecule has 0 amide bonds. The summed E-state index contributed by atoms with van der Waals surface area (Å²) in [6.45, 7) is 3.07. The Labute approximate surface area is 107 Å². The first kappa shape index (κ1) is 11.0. The lowest BCUT2D eigenvalue weighted by Gasteiger charge is -2.05. The Morgan fingerprint density at radius 1 is 0.833 bits per heavy atom. The molecule has 0 bridgehead atoms. The second-order valence-corrected chi connectivity index (χ2v) is 4.61. The summed E-state index contributed by atoms with van der Waals surface area (Å²) in [4.78, 5) is 0. The van der Waals surface area contributed by atoms with Crippen LogP contribution in [0.3, 0.4) is 0 Å². The molecule has 0 N–H and O–H groups in total. The van der Waals surface area contributed by atoms with E-state index in [2.05, 4.69) is 78.4 Å². The first-order chi connectivity index (χ1) is 8.84. The van der Waals surface area contributed by atoms with Crippen LogP contribution in [-0.4, -0.2) is 0 Å². The van der Waals surface area contributed by atoms with Crippen molar-refractivity contribution in [2.45, 2.75) is 13.5 Å². The molecule has 1 heteroatoms. The predicted molar refractivity (Wildman–Crippen MR) is 74.4 cm³/mol. The van der Waals surface area contributed by atoms with Crippen LogP contribution in [0.4, 0.5) is 0 Å². The van der Waals surface area contributed by atoms with Crippen LogP contribution in [0.25, 0.3) is 10.8 Å². The van der Waals surface area contributed by atoms with E-state index < -0.39 is 0 Å². The van der Waals surface area contributed by atoms with Gasteiger partial charge < -0.3 is 0 Å². The largest absolute Gasteiger partial charge is 0.198 e. The molecule has 0 fully saturated rings. The SMILES string of the molecule is Cc1cccc[n+]1Cc1cccc2ccccc12. The highest BCUT2D eigenvalue weighted by Gasteiger charge is 2.08. The number of aryl methyl sites for hydroxylation is 1. The van der Waals surface area contributed by atoms with Crippen molar-refractivity contribution in [3.8, 4) is 0 Å². The second kappa shape index (κ2) is 4.61. The molecule has 0 aliphatic rings. The molecule has 0 unspecified atom stereocenters. The summed E-state index contributed by atoms with van der Waals surface area (Å²) in [5.41, 5.74) is 2.65. The molecule has 2 aromatic carbocycles. The van der Waals surface area contributed by atoms with Crippen molar-refractivity contribution >= 4 is 10.8 Å². The monoisotopic (exact) mass is 234 g/mol. The van der Waals surface area contributed by atoms with Gasteiger partial charge in [0.1, 0.15) is 0 Å². The molecule has 0 saturated carbocycles. The quantitative estimate of drug-likeness (QED) is 0.598. The predicted octanol–water partition coefficient (Wildman–Crippen LogP) is 3.48. The van der Waals surface area contributed by atoms with Crippen molar-refractivity contribution in [2.24, 2.45) is 0 Å². The molecule has 1 nitrogen and oxygen atoms in total. The smallest absolute Gasteiger partial charge is 0.178 e. The maximum atomic E-state index is 2.28. The number of aromatic nitrogens is 1. The standard InChI is InChI=1S/C17H16N/c1-14-7-4-5-12-18(14)13-16-10-6-9-15-8-2-3-11-17(15)16/h2-12H,13H2,1H3/q+1. The van der Waals surface area contributed by atoms with Gasteiger partial charge in [0.05, 0.1) is 0 Å². The Morgan fingerprint density at radius 2 is 1.61 bits per heavy atom. The van der Waals surface area contributed by atoms with Crippen molar-refractivity contribution in [1.82, 2.24) is 0 Å². The average Bonchev–Trinajstić information content (AvgIpc) is 2.42. The molecule has 0 saturated heterocycles. The Hall–Kier alpha value is -2.15. The van der Waals surface area contributed by atoms with Crippen LogP contribution >= 0.6 is 0 Å². The minimum atomic E-state index is 0.925. The Bertz CT molecular complexity index is 681. The fraction of sp³-hybridized carbons (Fsp3) is 0.118. The summed E-state index contributed by atoms with van der Waals surface area (Å²) in [7, 11) is 0. The van der Waals surface area contributed by atoms with Crippen molar-refractivity contribution in [1.29, 1.82) is 0 Å². The summed E-state index contributed by atoms with van der Waals surface area (Å²) in [6.07, 6.45) is 2.14. The number of nitrogens with zero attached hydrogens (tertiary/aromatic N) is 1. The Balaban J connectivity index is 2.08. The van der Waals surface area contributed by atoms with Gasteiger partial charge in [-0.05, 0) is 10.8 Å². The van der Waals surface area contributed by atoms with E-state index >= 15 is 0 Å². The number of fused-ring (bicyclic) bond motifs is 1. The van der Waals surface area contributed by atoms with Crippen LogP contribution in [0, 0.1) is 6.92 Å². The molecular formula is C17H16N+. The van der Waals surface area contributed by atoms with E-state index in [1.165, 1.54) is 22.0 Å². The number of pyridine rings is 1. The molecule has 3 rings (SSSR count). The highest BCUT2D eigenvalue weighted by molar-refractivity contribution is 5.85. The third kappa shape index (κ3) is 2.00. The fourth-order valence-corrected chi connectivity index (χ4v) is 2.35. The zero-order valence-corrected chi connectivity index (χ0v) is 10.5. The van der Waals surface area contributed by atoms with Gasteiger partial charge in [-0.3, -0.25) is 0 Å². The zero-order valence-electron chi connectivity index (χ0n) is 10.5. The van der Waals surface area contributed by atoms with Crippen molar-refractivity contribution in [3.05, 3.63) is 78.1 Å². The van der Waals surface area contributed by atoms with E-state index in [-0.39, 0.29) is 0 Å². The average molecular weight is 234 g/mol. The van der Waals surface area contributed by atoms with Crippen LogP contribution in [-0.2, 0) is 6.54 Å². The molecule has 0 spiro atoms. The molecule has 1 heterocycles. The van der Waals surface area contributed by atoms with Gasteiger partial charge in [0.2, 0.25) is 0 Å². The van der Waals surface area contributed by atoms with E-state index in [0.717, 1.165) is 6.54 Å². The van der Waals surface area contributed by atoms with Crippen molar-refractivity contribution in [3.63, 3.8) is 0 Å². The number of hydrogen-bond donors (Lipinski definition) is 0. The van der Waals surface area contributed by atoms with Gasteiger partial charge in [-0.25, -0.2) is 0 Å². The number of hydrogen-bond acceptors (Lipinski definition) is 0. The highest BCUT2D eigenvalue weighted by Crippen LogP contribution is 2.18. The molecule has 3 aromatic rings. The minimum Gasteiger partial charge on any atom is -0.198 e. The molecule has 0 aliphatic heterocycles. The van der Waals surface area contributed by atoms with E-state index in [9.17, 15) is 0 Å². The summed E-state index contributed by atoms with van der Waals surface area (Å²) < 4.78 is 2.28. The van der Waals surface area contributed by atoms with Crippen molar-refractivity contribution < 1.29 is 4.57 Å². The maximum Gasteiger partial charge on any atom is 0.178 e. The molecular weight excluding hydrogens is 218 g/mol. The van der Waals surface area contributed by atoms with Gasteiger partial charge >= 0.3 is 0 Å². The Morgan fingerprint density at radius 3 is 2.50 bits per heavy atom. The van der Waals surface area contributed by atoms with Gasteiger partial charge in [-0.1, -0.05) is 48.5 Å². The normalized spacial score (nSPS) is 10.7. The van der Waals surface area contributed by atoms with Gasteiger partial charge in [0.15, 0.2) is 18.4 Å². The molecule has 88 valence electrons. The molecule has 18 heavy (non-hydrogen) atoms. The van der Waals surface area contributed by atoms with Crippen LogP contribution in [0.15, 0.2) is 66.9 Å². The topological polar surface area (TPSA) is 3.88 Å². The summed E-state index contributed by atoms with van der Waals surface area (Å²) in [5.74, 6) is 0. The highest BCUT2D eigenvalue weighted by atomic mass is 14.9. The number of benzene rings is 2. The van der Waals surface area contributed by atoms with E-state index in [1.54, 1.807) is 0 Å².